The molecule has 18 heavy (non-hydrogen) atoms. The molecule has 0 bridgehead atoms. The minimum Gasteiger partial charge on any atom is -0.508 e. The van der Waals surface area contributed by atoms with Gasteiger partial charge >= 0.3 is 0 Å². The number of benzene rings is 1. The van der Waals surface area contributed by atoms with Crippen molar-refractivity contribution in [1.82, 2.24) is 0 Å². The average Bonchev–Trinajstić information content (AvgIpc) is 2.71. The van der Waals surface area contributed by atoms with Crippen LogP contribution in [-0.2, 0) is 0 Å². The summed E-state index contributed by atoms with van der Waals surface area (Å²) in [4.78, 5) is 2.08. The van der Waals surface area contributed by atoms with Gasteiger partial charge in [-0.3, -0.25) is 0 Å². The Morgan fingerprint density at radius 1 is 1.33 bits per heavy atom. The second kappa shape index (κ2) is 3.95. The molecule has 1 aliphatic carbocycles. The molecule has 3 rings (SSSR count). The van der Waals surface area contributed by atoms with Gasteiger partial charge in [0.2, 0.25) is 0 Å². The Balaban J connectivity index is 2.18. The summed E-state index contributed by atoms with van der Waals surface area (Å²) >= 11 is 0. The fourth-order valence-corrected chi connectivity index (χ4v) is 2.76. The van der Waals surface area contributed by atoms with Crippen molar-refractivity contribution in [2.75, 3.05) is 4.90 Å². The lowest BCUT2D eigenvalue weighted by molar-refractivity contribution is 0.475. The third kappa shape index (κ3) is 1.44. The molecular weight excluding hydrogens is 224 g/mol. The third-order valence-electron chi connectivity index (χ3n) is 3.61. The Labute approximate surface area is 107 Å². The number of hydrogen-bond acceptors (Lipinski definition) is 3. The number of anilines is 1. The number of nitrogens with zero attached hydrogens (tertiary/aromatic N) is 1. The highest BCUT2D eigenvalue weighted by Crippen LogP contribution is 2.45. The highest BCUT2D eigenvalue weighted by molar-refractivity contribution is 5.70. The van der Waals surface area contributed by atoms with Crippen LogP contribution in [0, 0.1) is 0 Å². The van der Waals surface area contributed by atoms with Gasteiger partial charge in [-0.15, -0.1) is 0 Å². The van der Waals surface area contributed by atoms with Crippen LogP contribution in [0.5, 0.6) is 5.75 Å². The molecule has 1 aromatic rings. The Hall–Kier alpha value is -2.16. The number of phenolic OH excluding ortho intramolecular Hbond substituents is 1. The topological polar surface area (TPSA) is 49.5 Å². The van der Waals surface area contributed by atoms with Gasteiger partial charge in [0.15, 0.2) is 0 Å². The lowest BCUT2D eigenvalue weighted by atomic mass is 9.91. The Kier molecular flexibility index (Phi) is 2.40. The van der Waals surface area contributed by atoms with E-state index in [-0.39, 0.29) is 11.8 Å². The SMILES string of the molecule is C/C=C(\N)N1c2cc(O)ccc2C2C=CC=CC21. The molecule has 0 spiro atoms. The fourth-order valence-electron chi connectivity index (χ4n) is 2.76. The van der Waals surface area contributed by atoms with Crippen molar-refractivity contribution >= 4 is 5.69 Å². The van der Waals surface area contributed by atoms with E-state index in [4.69, 9.17) is 5.73 Å². The maximum Gasteiger partial charge on any atom is 0.117 e. The highest BCUT2D eigenvalue weighted by Gasteiger charge is 2.37. The Morgan fingerprint density at radius 2 is 2.11 bits per heavy atom. The number of nitrogens with two attached hydrogens (primary N) is 1. The molecule has 3 heteroatoms. The van der Waals surface area contributed by atoms with Crippen LogP contribution in [0.2, 0.25) is 0 Å². The monoisotopic (exact) mass is 240 g/mol. The number of hydrogen-bond donors (Lipinski definition) is 2. The fraction of sp³-hybridized carbons (Fsp3) is 0.200. The van der Waals surface area contributed by atoms with Gasteiger partial charge in [0.1, 0.15) is 5.75 Å². The van der Waals surface area contributed by atoms with E-state index in [1.807, 2.05) is 25.1 Å². The average molecular weight is 240 g/mol. The van der Waals surface area contributed by atoms with Crippen LogP contribution in [0.25, 0.3) is 0 Å². The molecular formula is C15H16N2O. The summed E-state index contributed by atoms with van der Waals surface area (Å²) in [5.74, 6) is 1.30. The van der Waals surface area contributed by atoms with E-state index in [1.54, 1.807) is 12.1 Å². The smallest absolute Gasteiger partial charge is 0.117 e. The molecule has 3 nitrogen and oxygen atoms in total. The number of fused-ring (bicyclic) bond motifs is 3. The standard InChI is InChI=1S/C15H16N2O/c1-2-15(16)17-13-6-4-3-5-11(13)12-8-7-10(18)9-14(12)17/h2-9,11,13,18H,16H2,1H3/b15-2+. The van der Waals surface area contributed by atoms with Crippen LogP contribution in [-0.4, -0.2) is 11.1 Å². The largest absolute Gasteiger partial charge is 0.508 e. The van der Waals surface area contributed by atoms with Crippen LogP contribution in [0.1, 0.15) is 18.4 Å². The summed E-state index contributed by atoms with van der Waals surface area (Å²) in [6.45, 7) is 1.92. The lowest BCUT2D eigenvalue weighted by Gasteiger charge is -2.28. The molecule has 2 aliphatic rings. The minimum absolute atomic E-state index is 0.211. The van der Waals surface area contributed by atoms with E-state index in [9.17, 15) is 5.11 Å². The van der Waals surface area contributed by atoms with Gasteiger partial charge in [-0.2, -0.15) is 0 Å². The zero-order valence-corrected chi connectivity index (χ0v) is 10.2. The van der Waals surface area contributed by atoms with Gasteiger partial charge < -0.3 is 15.7 Å². The molecule has 2 atom stereocenters. The molecule has 1 heterocycles. The predicted molar refractivity (Wildman–Crippen MR) is 73.3 cm³/mol. The summed E-state index contributed by atoms with van der Waals surface area (Å²) in [5, 5.41) is 9.68. The quantitative estimate of drug-likeness (QED) is 0.793. The van der Waals surface area contributed by atoms with Crippen molar-refractivity contribution in [3.63, 3.8) is 0 Å². The van der Waals surface area contributed by atoms with Crippen molar-refractivity contribution in [1.29, 1.82) is 0 Å². The lowest BCUT2D eigenvalue weighted by Crippen LogP contribution is -2.35. The summed E-state index contributed by atoms with van der Waals surface area (Å²) in [7, 11) is 0. The molecule has 0 aromatic heterocycles. The van der Waals surface area contributed by atoms with Gasteiger partial charge in [0, 0.05) is 12.0 Å². The van der Waals surface area contributed by atoms with Crippen LogP contribution in [0.3, 0.4) is 0 Å². The molecule has 0 amide bonds. The zero-order chi connectivity index (χ0) is 12.7. The zero-order valence-electron chi connectivity index (χ0n) is 10.2. The van der Waals surface area contributed by atoms with Gasteiger partial charge in [-0.05, 0) is 24.6 Å². The molecule has 2 unspecified atom stereocenters. The molecule has 0 saturated carbocycles. The number of phenols is 1. The van der Waals surface area contributed by atoms with Gasteiger partial charge in [0.05, 0.1) is 17.6 Å². The molecule has 0 saturated heterocycles. The van der Waals surface area contributed by atoms with Gasteiger partial charge in [0.25, 0.3) is 0 Å². The normalized spacial score (nSPS) is 25.2. The number of allylic oxidation sites excluding steroid dienone is 3. The molecule has 0 fully saturated rings. The first kappa shape index (κ1) is 11.0. The number of rotatable bonds is 1. The maximum absolute atomic E-state index is 9.68. The van der Waals surface area contributed by atoms with Gasteiger partial charge in [-0.1, -0.05) is 30.4 Å². The first-order valence-corrected chi connectivity index (χ1v) is 6.11. The maximum atomic E-state index is 9.68. The van der Waals surface area contributed by atoms with Crippen molar-refractivity contribution < 1.29 is 5.11 Å². The van der Waals surface area contributed by atoms with Crippen LogP contribution >= 0.6 is 0 Å². The first-order chi connectivity index (χ1) is 8.72. The molecule has 0 radical (unpaired) electrons. The van der Waals surface area contributed by atoms with E-state index in [0.29, 0.717) is 11.7 Å². The summed E-state index contributed by atoms with van der Waals surface area (Å²) in [5.41, 5.74) is 8.31. The summed E-state index contributed by atoms with van der Waals surface area (Å²) < 4.78 is 0. The van der Waals surface area contributed by atoms with E-state index < -0.39 is 0 Å². The predicted octanol–water partition coefficient (Wildman–Crippen LogP) is 2.61. The van der Waals surface area contributed by atoms with E-state index in [1.165, 1.54) is 5.56 Å². The van der Waals surface area contributed by atoms with E-state index >= 15 is 0 Å². The third-order valence-corrected chi connectivity index (χ3v) is 3.61. The summed E-state index contributed by atoms with van der Waals surface area (Å²) in [6, 6.07) is 5.71. The second-order valence-corrected chi connectivity index (χ2v) is 4.61. The minimum atomic E-state index is 0.211. The van der Waals surface area contributed by atoms with E-state index in [2.05, 4.69) is 23.1 Å². The van der Waals surface area contributed by atoms with Crippen molar-refractivity contribution in [3.8, 4) is 5.75 Å². The molecule has 1 aromatic carbocycles. The Morgan fingerprint density at radius 3 is 2.89 bits per heavy atom. The highest BCUT2D eigenvalue weighted by atomic mass is 16.3. The molecule has 3 N–H and O–H groups in total. The second-order valence-electron chi connectivity index (χ2n) is 4.61. The molecule has 1 aliphatic heterocycles. The van der Waals surface area contributed by atoms with Crippen molar-refractivity contribution in [2.24, 2.45) is 5.73 Å². The Bertz CT molecular complexity index is 572. The van der Waals surface area contributed by atoms with Crippen molar-refractivity contribution in [2.45, 2.75) is 18.9 Å². The van der Waals surface area contributed by atoms with Crippen LogP contribution in [0.4, 0.5) is 5.69 Å². The summed E-state index contributed by atoms with van der Waals surface area (Å²) in [6.07, 6.45) is 10.3. The van der Waals surface area contributed by atoms with Crippen LogP contribution in [0.15, 0.2) is 54.4 Å². The van der Waals surface area contributed by atoms with E-state index in [0.717, 1.165) is 5.69 Å². The molecule has 92 valence electrons. The first-order valence-electron chi connectivity index (χ1n) is 6.11. The van der Waals surface area contributed by atoms with Gasteiger partial charge in [-0.25, -0.2) is 0 Å². The van der Waals surface area contributed by atoms with Crippen LogP contribution < -0.4 is 10.6 Å². The van der Waals surface area contributed by atoms with Crippen molar-refractivity contribution in [3.05, 3.63) is 60.0 Å². The number of aromatic hydroxyl groups is 1.